The van der Waals surface area contributed by atoms with Gasteiger partial charge in [0.25, 0.3) is 0 Å². The van der Waals surface area contributed by atoms with Crippen LogP contribution in [0, 0.1) is 0 Å². The first-order chi connectivity index (χ1) is 6.40. The Balaban J connectivity index is 0.000000980. The summed E-state index contributed by atoms with van der Waals surface area (Å²) in [7, 11) is 0. The molecule has 1 aliphatic heterocycles. The first-order valence-electron chi connectivity index (χ1n) is 4.58. The van der Waals surface area contributed by atoms with Crippen molar-refractivity contribution < 1.29 is 0 Å². The smallest absolute Gasteiger partial charge is 0.201 e. The summed E-state index contributed by atoms with van der Waals surface area (Å²) in [5, 5.41) is 15.4. The third kappa shape index (κ3) is 2.39. The molecule has 0 bridgehead atoms. The van der Waals surface area contributed by atoms with E-state index in [4.69, 9.17) is 0 Å². The topological polar surface area (TPSA) is 55.6 Å². The zero-order valence-corrected chi connectivity index (χ0v) is 9.82. The Morgan fingerprint density at radius 3 is 3.00 bits per heavy atom. The summed E-state index contributed by atoms with van der Waals surface area (Å²) in [6.45, 7) is 4.67. The van der Waals surface area contributed by atoms with Gasteiger partial charge in [-0.3, -0.25) is 0 Å². The Morgan fingerprint density at radius 2 is 2.43 bits per heavy atom. The molecule has 0 saturated heterocycles. The van der Waals surface area contributed by atoms with Gasteiger partial charge >= 0.3 is 0 Å². The Labute approximate surface area is 93.3 Å². The summed E-state index contributed by atoms with van der Waals surface area (Å²) in [5.41, 5.74) is 1.16. The molecule has 0 saturated carbocycles. The van der Waals surface area contributed by atoms with Gasteiger partial charge in [0, 0.05) is 12.1 Å². The molecule has 0 spiro atoms. The van der Waals surface area contributed by atoms with E-state index in [1.54, 1.807) is 4.80 Å². The highest BCUT2D eigenvalue weighted by Crippen LogP contribution is 2.10. The van der Waals surface area contributed by atoms with Crippen LogP contribution in [0.4, 0.5) is 0 Å². The summed E-state index contributed by atoms with van der Waals surface area (Å²) in [5.74, 6) is 0.758. The Bertz CT molecular complexity index is 319. The molecular weight excluding hydrogens is 246 g/mol. The first-order valence-corrected chi connectivity index (χ1v) is 4.58. The van der Waals surface area contributed by atoms with Crippen LogP contribution in [0.1, 0.15) is 19.2 Å². The molecule has 0 radical (unpaired) electrons. The molecule has 0 unspecified atom stereocenters. The predicted molar refractivity (Wildman–Crippen MR) is 59.3 cm³/mol. The molecule has 0 atom stereocenters. The van der Waals surface area contributed by atoms with E-state index in [1.165, 1.54) is 0 Å². The molecule has 0 aromatic carbocycles. The van der Waals surface area contributed by atoms with E-state index in [9.17, 15) is 0 Å². The van der Waals surface area contributed by atoms with Crippen LogP contribution in [0.2, 0.25) is 0 Å². The minimum absolute atomic E-state index is 0. The van der Waals surface area contributed by atoms with Gasteiger partial charge in [-0.1, -0.05) is 6.08 Å². The number of tetrazole rings is 1. The van der Waals surface area contributed by atoms with Crippen molar-refractivity contribution in [1.82, 2.24) is 25.5 Å². The Morgan fingerprint density at radius 1 is 1.57 bits per heavy atom. The maximum Gasteiger partial charge on any atom is 0.201 e. The summed E-state index contributed by atoms with van der Waals surface area (Å²) < 4.78 is 0. The molecule has 78 valence electrons. The second kappa shape index (κ2) is 5.21. The van der Waals surface area contributed by atoms with E-state index in [0.717, 1.165) is 37.5 Å². The molecule has 1 aromatic heterocycles. The molecule has 0 fully saturated rings. The van der Waals surface area contributed by atoms with E-state index in [-0.39, 0.29) is 17.0 Å². The number of hydrogen-bond donors (Lipinski definition) is 1. The van der Waals surface area contributed by atoms with Crippen molar-refractivity contribution in [1.29, 1.82) is 0 Å². The fourth-order valence-electron chi connectivity index (χ4n) is 1.32. The lowest BCUT2D eigenvalue weighted by Crippen LogP contribution is -2.22. The highest BCUT2D eigenvalue weighted by Gasteiger charge is 2.10. The molecule has 1 aliphatic rings. The molecule has 1 N–H and O–H groups in total. The van der Waals surface area contributed by atoms with E-state index in [0.29, 0.717) is 0 Å². The second-order valence-electron chi connectivity index (χ2n) is 3.00. The van der Waals surface area contributed by atoms with Gasteiger partial charge in [0.1, 0.15) is 0 Å². The van der Waals surface area contributed by atoms with E-state index in [1.807, 2.05) is 6.92 Å². The van der Waals surface area contributed by atoms with Gasteiger partial charge in [0.15, 0.2) is 0 Å². The largest absolute Gasteiger partial charge is 0.312 e. The van der Waals surface area contributed by atoms with Crippen LogP contribution < -0.4 is 5.32 Å². The van der Waals surface area contributed by atoms with Crippen molar-refractivity contribution >= 4 is 22.6 Å². The van der Waals surface area contributed by atoms with Crippen LogP contribution in [0.3, 0.4) is 0 Å². The number of rotatable bonds is 2. The SMILES string of the molecule is Br.CCn1nnc(C2=CCCNC2)n1. The van der Waals surface area contributed by atoms with Crippen molar-refractivity contribution in [3.05, 3.63) is 11.9 Å². The highest BCUT2D eigenvalue weighted by molar-refractivity contribution is 8.93. The molecule has 6 heteroatoms. The summed E-state index contributed by atoms with van der Waals surface area (Å²) >= 11 is 0. The van der Waals surface area contributed by atoms with Crippen LogP contribution >= 0.6 is 17.0 Å². The van der Waals surface area contributed by atoms with Crippen molar-refractivity contribution in [2.75, 3.05) is 13.1 Å². The van der Waals surface area contributed by atoms with Gasteiger partial charge in [-0.05, 0) is 25.1 Å². The quantitative estimate of drug-likeness (QED) is 0.848. The summed E-state index contributed by atoms with van der Waals surface area (Å²) in [6, 6.07) is 0. The van der Waals surface area contributed by atoms with Crippen LogP contribution in [0.15, 0.2) is 6.08 Å². The van der Waals surface area contributed by atoms with Gasteiger partial charge in [0.2, 0.25) is 5.82 Å². The third-order valence-electron chi connectivity index (χ3n) is 2.05. The molecule has 2 heterocycles. The average molecular weight is 260 g/mol. The zero-order valence-electron chi connectivity index (χ0n) is 8.10. The predicted octanol–water partition coefficient (Wildman–Crippen LogP) is 0.648. The Hall–Kier alpha value is -0.750. The van der Waals surface area contributed by atoms with Crippen LogP contribution in [-0.2, 0) is 6.54 Å². The molecule has 14 heavy (non-hydrogen) atoms. The maximum absolute atomic E-state index is 4.24. The van der Waals surface area contributed by atoms with Crippen LogP contribution in [-0.4, -0.2) is 33.3 Å². The third-order valence-corrected chi connectivity index (χ3v) is 2.05. The fourth-order valence-corrected chi connectivity index (χ4v) is 1.32. The fraction of sp³-hybridized carbons (Fsp3) is 0.625. The van der Waals surface area contributed by atoms with Crippen molar-refractivity contribution in [3.8, 4) is 0 Å². The number of hydrogen-bond acceptors (Lipinski definition) is 4. The minimum Gasteiger partial charge on any atom is -0.312 e. The monoisotopic (exact) mass is 259 g/mol. The average Bonchev–Trinajstić information content (AvgIpc) is 2.67. The molecule has 1 aromatic rings. The lowest BCUT2D eigenvalue weighted by molar-refractivity contribution is 0.551. The zero-order chi connectivity index (χ0) is 9.10. The Kier molecular flexibility index (Phi) is 4.21. The van der Waals surface area contributed by atoms with Crippen LogP contribution in [0.25, 0.3) is 5.57 Å². The van der Waals surface area contributed by atoms with Crippen LogP contribution in [0.5, 0.6) is 0 Å². The van der Waals surface area contributed by atoms with Crippen molar-refractivity contribution in [2.45, 2.75) is 19.9 Å². The lowest BCUT2D eigenvalue weighted by Gasteiger charge is -2.10. The van der Waals surface area contributed by atoms with Gasteiger partial charge in [-0.25, -0.2) is 0 Å². The maximum atomic E-state index is 4.24. The number of halogens is 1. The molecule has 2 rings (SSSR count). The molecular formula is C8H14BrN5. The van der Waals surface area contributed by atoms with E-state index >= 15 is 0 Å². The molecule has 5 nitrogen and oxygen atoms in total. The number of aromatic nitrogens is 4. The van der Waals surface area contributed by atoms with Crippen molar-refractivity contribution in [3.63, 3.8) is 0 Å². The second-order valence-corrected chi connectivity index (χ2v) is 3.00. The summed E-state index contributed by atoms with van der Waals surface area (Å²) in [6.07, 6.45) is 3.23. The van der Waals surface area contributed by atoms with E-state index < -0.39 is 0 Å². The first kappa shape index (κ1) is 11.3. The van der Waals surface area contributed by atoms with Gasteiger partial charge in [-0.2, -0.15) is 4.80 Å². The van der Waals surface area contributed by atoms with Gasteiger partial charge in [0.05, 0.1) is 6.54 Å². The normalized spacial score (nSPS) is 15.9. The number of nitrogens with one attached hydrogen (secondary N) is 1. The molecule has 0 aliphatic carbocycles. The minimum atomic E-state index is 0. The number of aryl methyl sites for hydroxylation is 1. The standard InChI is InChI=1S/C8H13N5.BrH/c1-2-13-11-8(10-12-13)7-4-3-5-9-6-7;/h4,9H,2-3,5-6H2,1H3;1H. The highest BCUT2D eigenvalue weighted by atomic mass is 79.9. The van der Waals surface area contributed by atoms with Crippen molar-refractivity contribution in [2.24, 2.45) is 0 Å². The van der Waals surface area contributed by atoms with Gasteiger partial charge in [-0.15, -0.1) is 27.2 Å². The number of nitrogens with zero attached hydrogens (tertiary/aromatic N) is 4. The lowest BCUT2D eigenvalue weighted by atomic mass is 10.1. The summed E-state index contributed by atoms with van der Waals surface area (Å²) in [4.78, 5) is 1.60. The van der Waals surface area contributed by atoms with Gasteiger partial charge < -0.3 is 5.32 Å². The molecule has 0 amide bonds. The van der Waals surface area contributed by atoms with E-state index in [2.05, 4.69) is 26.8 Å².